The van der Waals surface area contributed by atoms with E-state index in [1.807, 2.05) is 0 Å². The number of carbonyl (C=O) groups is 1. The Hall–Kier alpha value is -1.26. The number of anilines is 1. The van der Waals surface area contributed by atoms with Crippen LogP contribution in [0.25, 0.3) is 0 Å². The number of nitrogens with one attached hydrogen (secondary N) is 1. The lowest BCUT2D eigenvalue weighted by Gasteiger charge is -2.35. The summed E-state index contributed by atoms with van der Waals surface area (Å²) in [5, 5.41) is 3.91. The lowest BCUT2D eigenvalue weighted by atomic mass is 9.89. The Morgan fingerprint density at radius 2 is 2.11 bits per heavy atom. The zero-order valence-electron chi connectivity index (χ0n) is 10.4. The van der Waals surface area contributed by atoms with Crippen LogP contribution in [-0.2, 0) is 9.47 Å². The van der Waals surface area contributed by atoms with Crippen molar-refractivity contribution in [3.63, 3.8) is 0 Å². The predicted octanol–water partition coefficient (Wildman–Crippen LogP) is 2.72. The average molecular weight is 270 g/mol. The number of halogens is 1. The van der Waals surface area contributed by atoms with Gasteiger partial charge in [0.05, 0.1) is 29.5 Å². The molecule has 1 saturated carbocycles. The minimum atomic E-state index is -0.363. The van der Waals surface area contributed by atoms with Gasteiger partial charge in [-0.3, -0.25) is 0 Å². The number of benzene rings is 1. The van der Waals surface area contributed by atoms with Crippen LogP contribution in [0.5, 0.6) is 0 Å². The largest absolute Gasteiger partial charge is 0.465 e. The third kappa shape index (κ3) is 2.76. The second kappa shape index (κ2) is 5.59. The Labute approximate surface area is 111 Å². The van der Waals surface area contributed by atoms with Crippen molar-refractivity contribution in [2.75, 3.05) is 19.5 Å². The minimum absolute atomic E-state index is 0.324. The molecule has 2 rings (SSSR count). The van der Waals surface area contributed by atoms with Crippen LogP contribution in [-0.4, -0.2) is 32.3 Å². The van der Waals surface area contributed by atoms with Gasteiger partial charge in [0, 0.05) is 13.2 Å². The fourth-order valence-electron chi connectivity index (χ4n) is 1.98. The van der Waals surface area contributed by atoms with Crippen LogP contribution >= 0.6 is 11.6 Å². The van der Waals surface area contributed by atoms with Gasteiger partial charge < -0.3 is 14.8 Å². The lowest BCUT2D eigenvalue weighted by molar-refractivity contribution is 0.0328. The number of rotatable bonds is 4. The molecule has 98 valence electrons. The van der Waals surface area contributed by atoms with Crippen molar-refractivity contribution in [3.8, 4) is 0 Å². The first-order valence-corrected chi connectivity index (χ1v) is 6.19. The van der Waals surface area contributed by atoms with Crippen LogP contribution in [0.15, 0.2) is 18.2 Å². The second-order valence-corrected chi connectivity index (χ2v) is 4.76. The molecule has 0 atom stereocenters. The number of hydrogen-bond acceptors (Lipinski definition) is 4. The van der Waals surface area contributed by atoms with Gasteiger partial charge in [0.25, 0.3) is 0 Å². The van der Waals surface area contributed by atoms with E-state index in [-0.39, 0.29) is 5.97 Å². The molecule has 0 unspecified atom stereocenters. The molecule has 1 aliphatic carbocycles. The van der Waals surface area contributed by atoms with Gasteiger partial charge in [-0.1, -0.05) is 11.6 Å². The Kier molecular flexibility index (Phi) is 4.09. The number of methoxy groups -OCH3 is 2. The van der Waals surface area contributed by atoms with E-state index in [9.17, 15) is 4.79 Å². The van der Waals surface area contributed by atoms with Crippen LogP contribution in [0, 0.1) is 0 Å². The Morgan fingerprint density at radius 3 is 2.72 bits per heavy atom. The average Bonchev–Trinajstić information content (AvgIpc) is 2.34. The highest BCUT2D eigenvalue weighted by atomic mass is 35.5. The lowest BCUT2D eigenvalue weighted by Crippen LogP contribution is -2.40. The maximum atomic E-state index is 11.4. The van der Waals surface area contributed by atoms with Crippen molar-refractivity contribution < 1.29 is 14.3 Å². The quantitative estimate of drug-likeness (QED) is 0.854. The van der Waals surface area contributed by atoms with Crippen molar-refractivity contribution in [2.45, 2.75) is 25.0 Å². The molecule has 0 saturated heterocycles. The van der Waals surface area contributed by atoms with E-state index in [2.05, 4.69) is 10.1 Å². The summed E-state index contributed by atoms with van der Waals surface area (Å²) >= 11 is 6.09. The molecule has 5 heteroatoms. The van der Waals surface area contributed by atoms with Crippen molar-refractivity contribution in [1.82, 2.24) is 0 Å². The van der Waals surface area contributed by atoms with Gasteiger partial charge in [-0.25, -0.2) is 4.79 Å². The van der Waals surface area contributed by atoms with Crippen LogP contribution in [0.2, 0.25) is 5.02 Å². The fraction of sp³-hybridized carbons (Fsp3) is 0.462. The molecule has 0 aliphatic heterocycles. The number of ether oxygens (including phenoxy) is 2. The zero-order valence-corrected chi connectivity index (χ0v) is 11.2. The SMILES string of the molecule is COC(=O)c1ccc(Cl)c(NC2CC(OC)C2)c1. The predicted molar refractivity (Wildman–Crippen MR) is 70.2 cm³/mol. The summed E-state index contributed by atoms with van der Waals surface area (Å²) in [7, 11) is 3.07. The zero-order chi connectivity index (χ0) is 13.1. The normalized spacial score (nSPS) is 22.2. The van der Waals surface area contributed by atoms with Crippen LogP contribution in [0.1, 0.15) is 23.2 Å². The van der Waals surface area contributed by atoms with Gasteiger partial charge in [-0.05, 0) is 31.0 Å². The fourth-order valence-corrected chi connectivity index (χ4v) is 2.15. The van der Waals surface area contributed by atoms with E-state index in [0.29, 0.717) is 22.7 Å². The number of carbonyl (C=O) groups excluding carboxylic acids is 1. The van der Waals surface area contributed by atoms with E-state index in [4.69, 9.17) is 16.3 Å². The number of hydrogen-bond donors (Lipinski definition) is 1. The van der Waals surface area contributed by atoms with Gasteiger partial charge in [0.15, 0.2) is 0 Å². The summed E-state index contributed by atoms with van der Waals surface area (Å²) in [6, 6.07) is 5.41. The molecule has 1 fully saturated rings. The van der Waals surface area contributed by atoms with Crippen LogP contribution in [0.4, 0.5) is 5.69 Å². The van der Waals surface area contributed by atoms with Gasteiger partial charge in [-0.15, -0.1) is 0 Å². The summed E-state index contributed by atoms with van der Waals surface area (Å²) in [4.78, 5) is 11.4. The summed E-state index contributed by atoms with van der Waals surface area (Å²) < 4.78 is 9.90. The monoisotopic (exact) mass is 269 g/mol. The highest BCUT2D eigenvalue weighted by Crippen LogP contribution is 2.30. The first-order valence-electron chi connectivity index (χ1n) is 5.81. The van der Waals surface area contributed by atoms with Crippen molar-refractivity contribution in [1.29, 1.82) is 0 Å². The Bertz CT molecular complexity index is 444. The van der Waals surface area contributed by atoms with Crippen molar-refractivity contribution in [3.05, 3.63) is 28.8 Å². The Morgan fingerprint density at radius 1 is 1.39 bits per heavy atom. The maximum Gasteiger partial charge on any atom is 0.337 e. The molecule has 1 N–H and O–H groups in total. The third-order valence-electron chi connectivity index (χ3n) is 3.18. The molecule has 1 aliphatic rings. The molecule has 0 radical (unpaired) electrons. The molecule has 4 nitrogen and oxygen atoms in total. The molecular weight excluding hydrogens is 254 g/mol. The number of esters is 1. The van der Waals surface area contributed by atoms with Gasteiger partial charge in [0.2, 0.25) is 0 Å². The summed E-state index contributed by atoms with van der Waals surface area (Å²) in [5.74, 6) is -0.363. The minimum Gasteiger partial charge on any atom is -0.465 e. The summed E-state index contributed by atoms with van der Waals surface area (Å²) in [6.45, 7) is 0. The van der Waals surface area contributed by atoms with Crippen molar-refractivity contribution in [2.24, 2.45) is 0 Å². The molecule has 1 aromatic carbocycles. The third-order valence-corrected chi connectivity index (χ3v) is 3.50. The molecule has 0 bridgehead atoms. The highest BCUT2D eigenvalue weighted by Gasteiger charge is 2.29. The summed E-state index contributed by atoms with van der Waals surface area (Å²) in [5.41, 5.74) is 1.26. The first kappa shape index (κ1) is 13.2. The van der Waals surface area contributed by atoms with Crippen molar-refractivity contribution >= 4 is 23.3 Å². The van der Waals surface area contributed by atoms with Gasteiger partial charge in [-0.2, -0.15) is 0 Å². The first-order chi connectivity index (χ1) is 8.63. The van der Waals surface area contributed by atoms with E-state index < -0.39 is 0 Å². The molecule has 0 spiro atoms. The highest BCUT2D eigenvalue weighted by molar-refractivity contribution is 6.33. The van der Waals surface area contributed by atoms with E-state index in [0.717, 1.165) is 18.5 Å². The topological polar surface area (TPSA) is 47.6 Å². The van der Waals surface area contributed by atoms with Gasteiger partial charge >= 0.3 is 5.97 Å². The second-order valence-electron chi connectivity index (χ2n) is 4.36. The van der Waals surface area contributed by atoms with E-state index in [1.165, 1.54) is 7.11 Å². The van der Waals surface area contributed by atoms with Crippen LogP contribution < -0.4 is 5.32 Å². The summed E-state index contributed by atoms with van der Waals surface area (Å²) in [6.07, 6.45) is 2.23. The van der Waals surface area contributed by atoms with E-state index in [1.54, 1.807) is 25.3 Å². The van der Waals surface area contributed by atoms with Gasteiger partial charge in [0.1, 0.15) is 0 Å². The molecule has 1 aromatic rings. The molecule has 0 amide bonds. The standard InChI is InChI=1S/C13H16ClNO3/c1-17-10-6-9(7-10)15-12-5-8(13(16)18-2)3-4-11(12)14/h3-5,9-10,15H,6-7H2,1-2H3. The Balaban J connectivity index is 2.05. The molecule has 18 heavy (non-hydrogen) atoms. The van der Waals surface area contributed by atoms with E-state index >= 15 is 0 Å². The smallest absolute Gasteiger partial charge is 0.337 e. The maximum absolute atomic E-state index is 11.4. The molecule has 0 aromatic heterocycles. The molecular formula is C13H16ClNO3. The molecule has 0 heterocycles. The van der Waals surface area contributed by atoms with Crippen LogP contribution in [0.3, 0.4) is 0 Å².